The maximum atomic E-state index is 12.8. The van der Waals surface area contributed by atoms with Crippen molar-refractivity contribution < 1.29 is 24.9 Å². The molecule has 1 aliphatic heterocycles. The Morgan fingerprint density at radius 2 is 1.97 bits per heavy atom. The topological polar surface area (TPSA) is 130 Å². The first-order valence-corrected chi connectivity index (χ1v) is 9.43. The Balaban J connectivity index is 1.86. The number of fused-ring (bicyclic) bond motifs is 1. The quantitative estimate of drug-likeness (QED) is 0.601. The molecule has 0 saturated heterocycles. The average molecular weight is 423 g/mol. The average Bonchev–Trinajstić information content (AvgIpc) is 3.04. The number of aromatic amines is 1. The van der Waals surface area contributed by atoms with E-state index in [2.05, 4.69) is 10.2 Å². The molecule has 0 fully saturated rings. The van der Waals surface area contributed by atoms with Crippen molar-refractivity contribution in [2.45, 2.75) is 39.3 Å². The van der Waals surface area contributed by atoms with E-state index in [0.29, 0.717) is 24.2 Å². The van der Waals surface area contributed by atoms with Crippen molar-refractivity contribution in [1.29, 1.82) is 0 Å². The lowest BCUT2D eigenvalue weighted by Gasteiger charge is -2.35. The number of carbonyl (C=O) groups excluding carboxylic acids is 1. The molecular weight excluding hydrogens is 400 g/mol. The van der Waals surface area contributed by atoms with Gasteiger partial charge in [0, 0.05) is 47.9 Å². The second-order valence-electron chi connectivity index (χ2n) is 7.95. The SMILES string of the molecule is CC(C)(C)N(CC(=O)N1CCc2[nH]nc(-c3cc(Cl)c(O)cc3O)c2C1)C(=O)O. The molecule has 1 aromatic heterocycles. The number of H-pyrrole nitrogens is 1. The molecule has 2 amide bonds. The Morgan fingerprint density at radius 3 is 2.59 bits per heavy atom. The van der Waals surface area contributed by atoms with Crippen molar-refractivity contribution in [3.8, 4) is 22.8 Å². The van der Waals surface area contributed by atoms with Gasteiger partial charge in [-0.3, -0.25) is 14.8 Å². The van der Waals surface area contributed by atoms with Crippen molar-refractivity contribution in [2.24, 2.45) is 0 Å². The molecule has 0 saturated carbocycles. The number of carbonyl (C=O) groups is 2. The number of nitrogens with zero attached hydrogens (tertiary/aromatic N) is 3. The fraction of sp³-hybridized carbons (Fsp3) is 0.421. The van der Waals surface area contributed by atoms with Crippen LogP contribution in [0.5, 0.6) is 11.5 Å². The van der Waals surface area contributed by atoms with Crippen molar-refractivity contribution in [3.63, 3.8) is 0 Å². The zero-order valence-electron chi connectivity index (χ0n) is 16.4. The molecule has 9 nitrogen and oxygen atoms in total. The van der Waals surface area contributed by atoms with Crippen LogP contribution in [0.1, 0.15) is 32.0 Å². The van der Waals surface area contributed by atoms with E-state index in [1.54, 1.807) is 25.7 Å². The molecule has 1 aromatic carbocycles. The number of amides is 2. The van der Waals surface area contributed by atoms with E-state index >= 15 is 0 Å². The van der Waals surface area contributed by atoms with E-state index in [0.717, 1.165) is 22.2 Å². The van der Waals surface area contributed by atoms with Crippen LogP contribution in [0.2, 0.25) is 5.02 Å². The first-order valence-electron chi connectivity index (χ1n) is 9.05. The molecule has 0 unspecified atom stereocenters. The van der Waals surface area contributed by atoms with Crippen molar-refractivity contribution in [3.05, 3.63) is 28.4 Å². The van der Waals surface area contributed by atoms with E-state index in [1.807, 2.05) is 0 Å². The number of phenolic OH excluding ortho intramolecular Hbond substituents is 2. The number of hydrogen-bond acceptors (Lipinski definition) is 5. The highest BCUT2D eigenvalue weighted by Gasteiger charge is 2.32. The van der Waals surface area contributed by atoms with Gasteiger partial charge in [-0.15, -0.1) is 0 Å². The number of aromatic hydroxyl groups is 2. The van der Waals surface area contributed by atoms with Gasteiger partial charge in [-0.1, -0.05) is 11.6 Å². The zero-order chi connectivity index (χ0) is 21.5. The maximum absolute atomic E-state index is 12.8. The van der Waals surface area contributed by atoms with Gasteiger partial charge in [0.25, 0.3) is 0 Å². The summed E-state index contributed by atoms with van der Waals surface area (Å²) in [6.07, 6.45) is -0.639. The lowest BCUT2D eigenvalue weighted by molar-refractivity contribution is -0.134. The molecular formula is C19H23ClN4O5. The summed E-state index contributed by atoms with van der Waals surface area (Å²) in [5.74, 6) is -0.743. The summed E-state index contributed by atoms with van der Waals surface area (Å²) < 4.78 is 0. The minimum Gasteiger partial charge on any atom is -0.507 e. The van der Waals surface area contributed by atoms with Gasteiger partial charge in [-0.05, 0) is 26.8 Å². The monoisotopic (exact) mass is 422 g/mol. The van der Waals surface area contributed by atoms with E-state index in [4.69, 9.17) is 11.6 Å². The third kappa shape index (κ3) is 4.09. The molecule has 2 aromatic rings. The summed E-state index contributed by atoms with van der Waals surface area (Å²) in [4.78, 5) is 27.0. The van der Waals surface area contributed by atoms with Gasteiger partial charge in [-0.25, -0.2) is 4.79 Å². The molecule has 3 rings (SSSR count). The predicted octanol–water partition coefficient (Wildman–Crippen LogP) is 2.80. The Labute approximate surface area is 172 Å². The van der Waals surface area contributed by atoms with Gasteiger partial charge in [0.2, 0.25) is 5.91 Å². The third-order valence-electron chi connectivity index (χ3n) is 4.94. The zero-order valence-corrected chi connectivity index (χ0v) is 17.1. The summed E-state index contributed by atoms with van der Waals surface area (Å²) in [6, 6.07) is 2.55. The number of halogens is 1. The minimum atomic E-state index is -1.16. The van der Waals surface area contributed by atoms with Crippen molar-refractivity contribution >= 4 is 23.6 Å². The van der Waals surface area contributed by atoms with Gasteiger partial charge in [0.1, 0.15) is 23.7 Å². The standard InChI is InChI=1S/C19H23ClN4O5/c1-19(2,3)24(18(28)29)9-16(27)23-5-4-13-11(8-23)17(22-21-13)10-6-12(20)15(26)7-14(10)25/h6-7,25-26H,4-5,8-9H2,1-3H3,(H,21,22)(H,28,29). The van der Waals surface area contributed by atoms with Crippen molar-refractivity contribution in [1.82, 2.24) is 20.0 Å². The predicted molar refractivity (Wildman–Crippen MR) is 106 cm³/mol. The lowest BCUT2D eigenvalue weighted by Crippen LogP contribution is -2.51. The Bertz CT molecular complexity index is 966. The summed E-state index contributed by atoms with van der Waals surface area (Å²) in [5.41, 5.74) is 1.61. The number of phenols is 2. The molecule has 4 N–H and O–H groups in total. The Hall–Kier alpha value is -2.94. The number of nitrogens with one attached hydrogen (secondary N) is 1. The summed E-state index contributed by atoms with van der Waals surface area (Å²) in [5, 5.41) is 36.5. The van der Waals surface area contributed by atoms with Gasteiger partial charge in [-0.2, -0.15) is 5.10 Å². The van der Waals surface area contributed by atoms with Crippen LogP contribution < -0.4 is 0 Å². The number of carboxylic acid groups (broad SMARTS) is 1. The molecule has 10 heteroatoms. The van der Waals surface area contributed by atoms with E-state index in [1.165, 1.54) is 6.07 Å². The molecule has 156 valence electrons. The van der Waals surface area contributed by atoms with Gasteiger partial charge in [0.05, 0.1) is 5.02 Å². The third-order valence-corrected chi connectivity index (χ3v) is 5.24. The van der Waals surface area contributed by atoms with E-state index in [-0.39, 0.29) is 35.5 Å². The summed E-state index contributed by atoms with van der Waals surface area (Å²) in [7, 11) is 0. The first-order chi connectivity index (χ1) is 13.5. The summed E-state index contributed by atoms with van der Waals surface area (Å²) in [6.45, 7) is 5.58. The van der Waals surface area contributed by atoms with Crippen LogP contribution in [0.3, 0.4) is 0 Å². The van der Waals surface area contributed by atoms with Crippen LogP contribution in [0.25, 0.3) is 11.3 Å². The normalized spacial score (nSPS) is 13.9. The lowest BCUT2D eigenvalue weighted by atomic mass is 10.00. The van der Waals surface area contributed by atoms with Crippen LogP contribution in [0.4, 0.5) is 4.79 Å². The second-order valence-corrected chi connectivity index (χ2v) is 8.36. The first kappa shape index (κ1) is 20.8. The van der Waals surface area contributed by atoms with Crippen molar-refractivity contribution in [2.75, 3.05) is 13.1 Å². The molecule has 1 aliphatic rings. The molecule has 0 aliphatic carbocycles. The van der Waals surface area contributed by atoms with Crippen LogP contribution in [-0.4, -0.2) is 65.9 Å². The Kier molecular flexibility index (Phi) is 5.36. The number of aromatic nitrogens is 2. The second kappa shape index (κ2) is 7.47. The molecule has 0 radical (unpaired) electrons. The molecule has 0 spiro atoms. The smallest absolute Gasteiger partial charge is 0.408 e. The highest BCUT2D eigenvalue weighted by atomic mass is 35.5. The highest BCUT2D eigenvalue weighted by molar-refractivity contribution is 6.32. The fourth-order valence-corrected chi connectivity index (χ4v) is 3.46. The van der Waals surface area contributed by atoms with Gasteiger partial charge >= 0.3 is 6.09 Å². The molecule has 2 heterocycles. The molecule has 29 heavy (non-hydrogen) atoms. The molecule has 0 bridgehead atoms. The number of hydrogen-bond donors (Lipinski definition) is 4. The van der Waals surface area contributed by atoms with Gasteiger partial charge < -0.3 is 20.2 Å². The largest absolute Gasteiger partial charge is 0.507 e. The van der Waals surface area contributed by atoms with Crippen LogP contribution in [0.15, 0.2) is 12.1 Å². The fourth-order valence-electron chi connectivity index (χ4n) is 3.30. The van der Waals surface area contributed by atoms with E-state index in [9.17, 15) is 24.9 Å². The minimum absolute atomic E-state index is 0.0700. The maximum Gasteiger partial charge on any atom is 0.408 e. The van der Waals surface area contributed by atoms with Crippen LogP contribution in [0, 0.1) is 0 Å². The van der Waals surface area contributed by atoms with Crippen LogP contribution in [-0.2, 0) is 17.8 Å². The number of rotatable bonds is 3. The Morgan fingerprint density at radius 1 is 1.28 bits per heavy atom. The van der Waals surface area contributed by atoms with Gasteiger partial charge in [0.15, 0.2) is 0 Å². The highest BCUT2D eigenvalue weighted by Crippen LogP contribution is 2.39. The summed E-state index contributed by atoms with van der Waals surface area (Å²) >= 11 is 5.97. The molecule has 0 atom stereocenters. The van der Waals surface area contributed by atoms with E-state index < -0.39 is 11.6 Å². The number of benzene rings is 1. The van der Waals surface area contributed by atoms with Crippen LogP contribution >= 0.6 is 11.6 Å².